The molecule has 6 nitrogen and oxygen atoms in total. The molecule has 0 radical (unpaired) electrons. The summed E-state index contributed by atoms with van der Waals surface area (Å²) in [7, 11) is 0. The lowest BCUT2D eigenvalue weighted by atomic mass is 10.2. The van der Waals surface area contributed by atoms with Gasteiger partial charge >= 0.3 is 5.97 Å². The number of aryl methyl sites for hydroxylation is 1. The van der Waals surface area contributed by atoms with Crippen molar-refractivity contribution in [1.29, 1.82) is 0 Å². The van der Waals surface area contributed by atoms with Gasteiger partial charge < -0.3 is 14.8 Å². The number of nitrogens with one attached hydrogen (secondary N) is 1. The Morgan fingerprint density at radius 2 is 2.23 bits per heavy atom. The minimum Gasteiger partial charge on any atom is -0.484 e. The second kappa shape index (κ2) is 6.57. The summed E-state index contributed by atoms with van der Waals surface area (Å²) in [5.41, 5.74) is -0.121. The predicted molar refractivity (Wildman–Crippen MR) is 76.7 cm³/mol. The van der Waals surface area contributed by atoms with Crippen molar-refractivity contribution in [2.24, 2.45) is 0 Å². The number of carbonyl (C=O) groups is 1. The van der Waals surface area contributed by atoms with Crippen molar-refractivity contribution in [1.82, 2.24) is 9.97 Å². The molecule has 1 aromatic carbocycles. The third kappa shape index (κ3) is 3.82. The number of halogens is 2. The summed E-state index contributed by atoms with van der Waals surface area (Å²) in [6, 6.07) is 3.66. The summed E-state index contributed by atoms with van der Waals surface area (Å²) in [5.74, 6) is -1.13. The minimum atomic E-state index is -1.11. The second-order valence-electron chi connectivity index (χ2n) is 4.51. The number of benzene rings is 1. The van der Waals surface area contributed by atoms with Gasteiger partial charge in [0, 0.05) is 11.3 Å². The van der Waals surface area contributed by atoms with Crippen molar-refractivity contribution in [3.05, 3.63) is 56.5 Å². The lowest BCUT2D eigenvalue weighted by Crippen LogP contribution is -2.22. The van der Waals surface area contributed by atoms with Crippen LogP contribution in [0, 0.1) is 12.7 Å². The molecule has 1 aromatic heterocycles. The fourth-order valence-corrected chi connectivity index (χ4v) is 2.06. The number of aromatic amines is 1. The van der Waals surface area contributed by atoms with Crippen LogP contribution in [-0.2, 0) is 17.8 Å². The number of aromatic nitrogens is 2. The van der Waals surface area contributed by atoms with E-state index in [0.717, 1.165) is 6.07 Å². The van der Waals surface area contributed by atoms with Crippen LogP contribution in [0.2, 0.25) is 5.02 Å². The Kier molecular flexibility index (Phi) is 4.77. The molecule has 0 aliphatic carbocycles. The molecule has 0 atom stereocenters. The van der Waals surface area contributed by atoms with Crippen LogP contribution in [0.3, 0.4) is 0 Å². The first-order valence-corrected chi connectivity index (χ1v) is 6.63. The predicted octanol–water partition coefficient (Wildman–Crippen LogP) is 2.08. The molecule has 0 spiro atoms. The van der Waals surface area contributed by atoms with Crippen LogP contribution < -0.4 is 10.3 Å². The molecule has 2 rings (SSSR count). The van der Waals surface area contributed by atoms with E-state index < -0.39 is 23.8 Å². The Labute approximate surface area is 129 Å². The molecule has 0 amide bonds. The highest BCUT2D eigenvalue weighted by atomic mass is 35.5. The van der Waals surface area contributed by atoms with Gasteiger partial charge in [0.25, 0.3) is 5.56 Å². The number of carboxylic acid groups (broad SMARTS) is 1. The maximum atomic E-state index is 12.9. The highest BCUT2D eigenvalue weighted by Gasteiger charge is 2.12. The molecule has 2 aromatic rings. The first kappa shape index (κ1) is 16.0. The number of ether oxygens (including phenoxy) is 1. The van der Waals surface area contributed by atoms with Gasteiger partial charge in [-0.2, -0.15) is 0 Å². The van der Waals surface area contributed by atoms with Crippen LogP contribution >= 0.6 is 11.6 Å². The zero-order chi connectivity index (χ0) is 16.3. The van der Waals surface area contributed by atoms with Gasteiger partial charge in [0.1, 0.15) is 24.0 Å². The van der Waals surface area contributed by atoms with Crippen LogP contribution in [0.4, 0.5) is 4.39 Å². The Bertz CT molecular complexity index is 776. The van der Waals surface area contributed by atoms with E-state index in [4.69, 9.17) is 21.4 Å². The summed E-state index contributed by atoms with van der Waals surface area (Å²) in [6.45, 7) is 1.46. The maximum absolute atomic E-state index is 12.9. The van der Waals surface area contributed by atoms with Gasteiger partial charge in [-0.15, -0.1) is 0 Å². The maximum Gasteiger partial charge on any atom is 0.308 e. The molecule has 0 unspecified atom stereocenters. The van der Waals surface area contributed by atoms with Gasteiger partial charge in [-0.05, 0) is 25.1 Å². The van der Waals surface area contributed by atoms with Crippen molar-refractivity contribution in [2.45, 2.75) is 20.0 Å². The summed E-state index contributed by atoms with van der Waals surface area (Å²) in [4.78, 5) is 29.1. The number of H-pyrrole nitrogens is 1. The van der Waals surface area contributed by atoms with Crippen molar-refractivity contribution in [3.8, 4) is 5.75 Å². The molecule has 0 aliphatic rings. The molecule has 0 saturated heterocycles. The van der Waals surface area contributed by atoms with Crippen LogP contribution in [0.1, 0.15) is 17.1 Å². The van der Waals surface area contributed by atoms with E-state index in [1.165, 1.54) is 12.1 Å². The molecule has 116 valence electrons. The van der Waals surface area contributed by atoms with Gasteiger partial charge in [0.05, 0.1) is 11.4 Å². The van der Waals surface area contributed by atoms with Crippen LogP contribution in [0.25, 0.3) is 0 Å². The Hall–Kier alpha value is -2.41. The normalized spacial score (nSPS) is 10.5. The molecule has 1 heterocycles. The SMILES string of the molecule is Cc1nc(COc2ccc(F)cc2Cl)[nH]c(=O)c1CC(=O)O. The number of nitrogens with zero attached hydrogens (tertiary/aromatic N) is 1. The molecule has 22 heavy (non-hydrogen) atoms. The number of carboxylic acids is 1. The van der Waals surface area contributed by atoms with E-state index >= 15 is 0 Å². The Balaban J connectivity index is 2.17. The lowest BCUT2D eigenvalue weighted by Gasteiger charge is -2.09. The topological polar surface area (TPSA) is 92.3 Å². The van der Waals surface area contributed by atoms with Crippen molar-refractivity contribution >= 4 is 17.6 Å². The number of rotatable bonds is 5. The van der Waals surface area contributed by atoms with E-state index in [0.29, 0.717) is 5.69 Å². The van der Waals surface area contributed by atoms with Crippen LogP contribution in [-0.4, -0.2) is 21.0 Å². The number of hydrogen-bond acceptors (Lipinski definition) is 4. The molecular weight excluding hydrogens is 315 g/mol. The van der Waals surface area contributed by atoms with E-state index in [-0.39, 0.29) is 28.8 Å². The molecule has 0 aliphatic heterocycles. The fraction of sp³-hybridized carbons (Fsp3) is 0.214. The lowest BCUT2D eigenvalue weighted by molar-refractivity contribution is -0.136. The summed E-state index contributed by atoms with van der Waals surface area (Å²) in [6.07, 6.45) is -0.404. The standard InChI is InChI=1S/C14H12ClFN2O4/c1-7-9(5-13(19)20)14(21)18-12(17-7)6-22-11-3-2-8(16)4-10(11)15/h2-4H,5-6H2,1H3,(H,19,20)(H,17,18,21). The highest BCUT2D eigenvalue weighted by molar-refractivity contribution is 6.32. The highest BCUT2D eigenvalue weighted by Crippen LogP contribution is 2.25. The third-order valence-corrected chi connectivity index (χ3v) is 3.15. The van der Waals surface area contributed by atoms with E-state index in [1.54, 1.807) is 6.92 Å². The molecule has 2 N–H and O–H groups in total. The average Bonchev–Trinajstić information content (AvgIpc) is 2.41. The van der Waals surface area contributed by atoms with Crippen LogP contribution in [0.15, 0.2) is 23.0 Å². The quantitative estimate of drug-likeness (QED) is 0.877. The van der Waals surface area contributed by atoms with Crippen LogP contribution in [0.5, 0.6) is 5.75 Å². The first-order chi connectivity index (χ1) is 10.4. The molecule has 0 fully saturated rings. The molecular formula is C14H12ClFN2O4. The monoisotopic (exact) mass is 326 g/mol. The van der Waals surface area contributed by atoms with Crippen molar-refractivity contribution in [3.63, 3.8) is 0 Å². The third-order valence-electron chi connectivity index (χ3n) is 2.86. The summed E-state index contributed by atoms with van der Waals surface area (Å²) in [5, 5.41) is 8.84. The Morgan fingerprint density at radius 3 is 2.82 bits per heavy atom. The Morgan fingerprint density at radius 1 is 1.50 bits per heavy atom. The van der Waals surface area contributed by atoms with E-state index in [2.05, 4.69) is 9.97 Å². The zero-order valence-electron chi connectivity index (χ0n) is 11.5. The van der Waals surface area contributed by atoms with Crippen molar-refractivity contribution in [2.75, 3.05) is 0 Å². The first-order valence-electron chi connectivity index (χ1n) is 6.25. The van der Waals surface area contributed by atoms with Gasteiger partial charge in [-0.25, -0.2) is 9.37 Å². The fourth-order valence-electron chi connectivity index (χ4n) is 1.83. The molecule has 8 heteroatoms. The number of aliphatic carboxylic acids is 1. The van der Waals surface area contributed by atoms with E-state index in [9.17, 15) is 14.0 Å². The number of hydrogen-bond donors (Lipinski definition) is 2. The summed E-state index contributed by atoms with van der Waals surface area (Å²) >= 11 is 5.82. The summed E-state index contributed by atoms with van der Waals surface area (Å²) < 4.78 is 18.3. The second-order valence-corrected chi connectivity index (χ2v) is 4.92. The molecule has 0 bridgehead atoms. The minimum absolute atomic E-state index is 0.0885. The smallest absolute Gasteiger partial charge is 0.308 e. The zero-order valence-corrected chi connectivity index (χ0v) is 12.3. The van der Waals surface area contributed by atoms with Gasteiger partial charge in [0.2, 0.25) is 0 Å². The molecule has 0 saturated carbocycles. The largest absolute Gasteiger partial charge is 0.484 e. The van der Waals surface area contributed by atoms with E-state index in [1.807, 2.05) is 0 Å². The van der Waals surface area contributed by atoms with Gasteiger partial charge in [0.15, 0.2) is 0 Å². The van der Waals surface area contributed by atoms with Crippen molar-refractivity contribution < 1.29 is 19.0 Å². The average molecular weight is 327 g/mol. The van der Waals surface area contributed by atoms with Gasteiger partial charge in [-0.1, -0.05) is 11.6 Å². The van der Waals surface area contributed by atoms with Gasteiger partial charge in [-0.3, -0.25) is 9.59 Å².